The largest absolute Gasteiger partial charge is 0.348 e. The molecule has 1 aliphatic rings. The highest BCUT2D eigenvalue weighted by atomic mass is 16.7. The quantitative estimate of drug-likeness (QED) is 0.722. The third kappa shape index (κ3) is 2.63. The predicted octanol–water partition coefficient (Wildman–Crippen LogP) is 3.39. The van der Waals surface area contributed by atoms with Gasteiger partial charge in [-0.2, -0.15) is 0 Å². The second kappa shape index (κ2) is 4.56. The molecule has 1 aromatic carbocycles. The van der Waals surface area contributed by atoms with Gasteiger partial charge in [0.1, 0.15) is 0 Å². The summed E-state index contributed by atoms with van der Waals surface area (Å²) < 4.78 is 11.6. The molecule has 0 atom stereocenters. The van der Waals surface area contributed by atoms with Gasteiger partial charge in [-0.3, -0.25) is 0 Å². The molecule has 0 radical (unpaired) electrons. The lowest BCUT2D eigenvalue weighted by Crippen LogP contribution is -2.35. The van der Waals surface area contributed by atoms with E-state index >= 15 is 0 Å². The number of benzene rings is 1. The first-order chi connectivity index (χ1) is 7.57. The molecule has 2 rings (SSSR count). The summed E-state index contributed by atoms with van der Waals surface area (Å²) in [6.45, 7) is 8.25. The molecule has 2 heteroatoms. The molecule has 0 aliphatic carbocycles. The van der Waals surface area contributed by atoms with Crippen LogP contribution in [0.2, 0.25) is 0 Å². The van der Waals surface area contributed by atoms with Crippen LogP contribution in [0.4, 0.5) is 0 Å². The van der Waals surface area contributed by atoms with Crippen molar-refractivity contribution >= 4 is 0 Å². The Kier molecular flexibility index (Phi) is 3.31. The molecule has 1 aromatic rings. The Morgan fingerprint density at radius 3 is 2.06 bits per heavy atom. The first-order valence-electron chi connectivity index (χ1n) is 5.85. The highest BCUT2D eigenvalue weighted by Crippen LogP contribution is 2.33. The first-order valence-corrected chi connectivity index (χ1v) is 5.85. The molecule has 0 aromatic heterocycles. The lowest BCUT2D eigenvalue weighted by molar-refractivity contribution is -0.219. The normalized spacial score (nSPS) is 26.7. The SMILES string of the molecule is CC(C)(C)C1COC(c2ccccc2)OC1. The van der Waals surface area contributed by atoms with Crippen LogP contribution in [-0.4, -0.2) is 13.2 Å². The number of rotatable bonds is 1. The molecule has 16 heavy (non-hydrogen) atoms. The van der Waals surface area contributed by atoms with Crippen molar-refractivity contribution in [1.82, 2.24) is 0 Å². The molecule has 0 saturated carbocycles. The summed E-state index contributed by atoms with van der Waals surface area (Å²) in [6, 6.07) is 10.1. The van der Waals surface area contributed by atoms with E-state index in [-0.39, 0.29) is 11.7 Å². The minimum Gasteiger partial charge on any atom is -0.348 e. The molecule has 0 amide bonds. The van der Waals surface area contributed by atoms with Gasteiger partial charge in [-0.05, 0) is 5.41 Å². The van der Waals surface area contributed by atoms with E-state index in [0.29, 0.717) is 5.92 Å². The highest BCUT2D eigenvalue weighted by Gasteiger charge is 2.31. The Hall–Kier alpha value is -0.860. The van der Waals surface area contributed by atoms with Crippen molar-refractivity contribution in [3.63, 3.8) is 0 Å². The van der Waals surface area contributed by atoms with Crippen molar-refractivity contribution in [2.45, 2.75) is 27.1 Å². The van der Waals surface area contributed by atoms with Gasteiger partial charge in [0.2, 0.25) is 0 Å². The summed E-state index contributed by atoms with van der Waals surface area (Å²) in [5.74, 6) is 0.479. The average molecular weight is 220 g/mol. The minimum absolute atomic E-state index is 0.181. The Morgan fingerprint density at radius 2 is 1.56 bits per heavy atom. The van der Waals surface area contributed by atoms with Gasteiger partial charge in [0.25, 0.3) is 0 Å². The molecule has 0 spiro atoms. The molecule has 88 valence electrons. The summed E-state index contributed by atoms with van der Waals surface area (Å²) >= 11 is 0. The van der Waals surface area contributed by atoms with Gasteiger partial charge in [0.15, 0.2) is 6.29 Å². The fraction of sp³-hybridized carbons (Fsp3) is 0.571. The third-order valence-corrected chi connectivity index (χ3v) is 3.19. The summed E-state index contributed by atoms with van der Waals surface area (Å²) in [6.07, 6.45) is -0.181. The van der Waals surface area contributed by atoms with Crippen LogP contribution < -0.4 is 0 Å². The maximum atomic E-state index is 5.78. The fourth-order valence-electron chi connectivity index (χ4n) is 1.81. The van der Waals surface area contributed by atoms with Crippen molar-refractivity contribution in [2.75, 3.05) is 13.2 Å². The molecule has 1 saturated heterocycles. The fourth-order valence-corrected chi connectivity index (χ4v) is 1.81. The molecule has 0 unspecified atom stereocenters. The van der Waals surface area contributed by atoms with Crippen molar-refractivity contribution in [2.24, 2.45) is 11.3 Å². The Balaban J connectivity index is 1.96. The van der Waals surface area contributed by atoms with Gasteiger partial charge in [-0.15, -0.1) is 0 Å². The summed E-state index contributed by atoms with van der Waals surface area (Å²) in [4.78, 5) is 0. The van der Waals surface area contributed by atoms with Crippen molar-refractivity contribution < 1.29 is 9.47 Å². The van der Waals surface area contributed by atoms with Crippen LogP contribution in [0, 0.1) is 11.3 Å². The molecule has 0 bridgehead atoms. The Morgan fingerprint density at radius 1 is 1.00 bits per heavy atom. The molecular weight excluding hydrogens is 200 g/mol. The predicted molar refractivity (Wildman–Crippen MR) is 64.0 cm³/mol. The van der Waals surface area contributed by atoms with Crippen LogP contribution in [0.5, 0.6) is 0 Å². The van der Waals surface area contributed by atoms with E-state index in [1.54, 1.807) is 0 Å². The van der Waals surface area contributed by atoms with E-state index < -0.39 is 0 Å². The lowest BCUT2D eigenvalue weighted by atomic mass is 9.81. The molecule has 1 fully saturated rings. The van der Waals surface area contributed by atoms with Crippen molar-refractivity contribution in [1.29, 1.82) is 0 Å². The van der Waals surface area contributed by atoms with Gasteiger partial charge >= 0.3 is 0 Å². The van der Waals surface area contributed by atoms with Crippen LogP contribution in [0.1, 0.15) is 32.6 Å². The van der Waals surface area contributed by atoms with Gasteiger partial charge < -0.3 is 9.47 Å². The van der Waals surface area contributed by atoms with E-state index in [1.165, 1.54) is 0 Å². The van der Waals surface area contributed by atoms with Gasteiger partial charge in [0.05, 0.1) is 13.2 Å². The van der Waals surface area contributed by atoms with Gasteiger partial charge in [0, 0.05) is 11.5 Å². The average Bonchev–Trinajstić information content (AvgIpc) is 2.29. The summed E-state index contributed by atoms with van der Waals surface area (Å²) in [5.41, 5.74) is 1.36. The standard InChI is InChI=1S/C14H20O2/c1-14(2,3)12-9-15-13(16-10-12)11-7-5-4-6-8-11/h4-8,12-13H,9-10H2,1-3H3. The zero-order valence-corrected chi connectivity index (χ0v) is 10.3. The van der Waals surface area contributed by atoms with Gasteiger partial charge in [-0.25, -0.2) is 0 Å². The van der Waals surface area contributed by atoms with Crippen LogP contribution >= 0.6 is 0 Å². The molecule has 1 heterocycles. The Labute approximate surface area is 97.6 Å². The van der Waals surface area contributed by atoms with Crippen LogP contribution in [-0.2, 0) is 9.47 Å². The maximum absolute atomic E-state index is 5.78. The van der Waals surface area contributed by atoms with E-state index in [9.17, 15) is 0 Å². The minimum atomic E-state index is -0.181. The van der Waals surface area contributed by atoms with Crippen LogP contribution in [0.3, 0.4) is 0 Å². The molecule has 2 nitrogen and oxygen atoms in total. The number of hydrogen-bond donors (Lipinski definition) is 0. The smallest absolute Gasteiger partial charge is 0.183 e. The van der Waals surface area contributed by atoms with E-state index in [0.717, 1.165) is 18.8 Å². The molecular formula is C14H20O2. The van der Waals surface area contributed by atoms with E-state index in [1.807, 2.05) is 30.3 Å². The van der Waals surface area contributed by atoms with Crippen LogP contribution in [0.25, 0.3) is 0 Å². The topological polar surface area (TPSA) is 18.5 Å². The first kappa shape index (κ1) is 11.6. The zero-order chi connectivity index (χ0) is 11.6. The van der Waals surface area contributed by atoms with Crippen LogP contribution in [0.15, 0.2) is 30.3 Å². The van der Waals surface area contributed by atoms with E-state index in [2.05, 4.69) is 20.8 Å². The monoisotopic (exact) mass is 220 g/mol. The Bertz CT molecular complexity index is 318. The van der Waals surface area contributed by atoms with Crippen molar-refractivity contribution in [3.8, 4) is 0 Å². The summed E-state index contributed by atoms with van der Waals surface area (Å²) in [7, 11) is 0. The number of hydrogen-bond acceptors (Lipinski definition) is 2. The second-order valence-corrected chi connectivity index (χ2v) is 5.47. The highest BCUT2D eigenvalue weighted by molar-refractivity contribution is 5.16. The molecule has 1 aliphatic heterocycles. The molecule has 0 N–H and O–H groups in total. The third-order valence-electron chi connectivity index (χ3n) is 3.19. The summed E-state index contributed by atoms with van der Waals surface area (Å²) in [5, 5.41) is 0. The second-order valence-electron chi connectivity index (χ2n) is 5.47. The maximum Gasteiger partial charge on any atom is 0.183 e. The van der Waals surface area contributed by atoms with Gasteiger partial charge in [-0.1, -0.05) is 51.1 Å². The zero-order valence-electron chi connectivity index (χ0n) is 10.3. The van der Waals surface area contributed by atoms with Crippen molar-refractivity contribution in [3.05, 3.63) is 35.9 Å². The van der Waals surface area contributed by atoms with E-state index in [4.69, 9.17) is 9.47 Å². The number of ether oxygens (including phenoxy) is 2. The lowest BCUT2D eigenvalue weighted by Gasteiger charge is -2.36.